The molecule has 3 heterocycles. The summed E-state index contributed by atoms with van der Waals surface area (Å²) in [5, 5.41) is 7.35. The van der Waals surface area contributed by atoms with Crippen LogP contribution in [0.5, 0.6) is 0 Å². The summed E-state index contributed by atoms with van der Waals surface area (Å²) in [6.45, 7) is 1.88. The maximum Gasteiger partial charge on any atom is 0.418 e. The third kappa shape index (κ3) is 2.96. The fourth-order valence-electron chi connectivity index (χ4n) is 3.20. The van der Waals surface area contributed by atoms with E-state index in [1.165, 1.54) is 24.5 Å². The standard InChI is InChI=1S/C17H14F3N5O2/c1-9-13-14(21-8-22-15(13)27-24-9)23-11-6-7-25(16(11)26)12-5-3-2-4-10(12)17(18,19)20/h2-5,8,11H,6-7H2,1H3,(H,21,22,23). The van der Waals surface area contributed by atoms with Gasteiger partial charge >= 0.3 is 6.18 Å². The smallest absolute Gasteiger partial charge is 0.358 e. The molecule has 140 valence electrons. The summed E-state index contributed by atoms with van der Waals surface area (Å²) in [6, 6.07) is 4.34. The maximum absolute atomic E-state index is 13.3. The van der Waals surface area contributed by atoms with E-state index in [0.29, 0.717) is 23.3 Å². The molecule has 1 aliphatic rings. The van der Waals surface area contributed by atoms with Crippen molar-refractivity contribution < 1.29 is 22.5 Å². The Labute approximate surface area is 151 Å². The number of hydrogen-bond acceptors (Lipinski definition) is 6. The molecule has 1 atom stereocenters. The third-order valence-electron chi connectivity index (χ3n) is 4.46. The van der Waals surface area contributed by atoms with Gasteiger partial charge in [0.05, 0.1) is 16.9 Å². The molecule has 2 aromatic heterocycles. The number of amides is 1. The predicted molar refractivity (Wildman–Crippen MR) is 90.2 cm³/mol. The number of nitrogens with zero attached hydrogens (tertiary/aromatic N) is 4. The van der Waals surface area contributed by atoms with Gasteiger partial charge in [-0.3, -0.25) is 4.79 Å². The molecule has 1 amide bonds. The van der Waals surface area contributed by atoms with E-state index in [0.717, 1.165) is 11.0 Å². The first-order chi connectivity index (χ1) is 12.9. The summed E-state index contributed by atoms with van der Waals surface area (Å²) in [4.78, 5) is 22.0. The molecule has 1 saturated heterocycles. The summed E-state index contributed by atoms with van der Waals surface area (Å²) in [7, 11) is 0. The van der Waals surface area contributed by atoms with Crippen LogP contribution in [0.2, 0.25) is 0 Å². The molecular formula is C17H14F3N5O2. The van der Waals surface area contributed by atoms with Crippen molar-refractivity contribution in [1.29, 1.82) is 0 Å². The van der Waals surface area contributed by atoms with Crippen molar-refractivity contribution >= 4 is 28.5 Å². The van der Waals surface area contributed by atoms with Crippen LogP contribution in [0, 0.1) is 6.92 Å². The highest BCUT2D eigenvalue weighted by molar-refractivity contribution is 6.02. The first-order valence-electron chi connectivity index (χ1n) is 8.17. The number of carbonyl (C=O) groups excluding carboxylic acids is 1. The monoisotopic (exact) mass is 377 g/mol. The topological polar surface area (TPSA) is 84.2 Å². The number of hydrogen-bond donors (Lipinski definition) is 1. The van der Waals surface area contributed by atoms with Crippen LogP contribution < -0.4 is 10.2 Å². The van der Waals surface area contributed by atoms with E-state index in [9.17, 15) is 18.0 Å². The molecular weight excluding hydrogens is 363 g/mol. The lowest BCUT2D eigenvalue weighted by Crippen LogP contribution is -2.34. The zero-order valence-corrected chi connectivity index (χ0v) is 14.1. The van der Waals surface area contributed by atoms with Crippen molar-refractivity contribution in [2.24, 2.45) is 0 Å². The Balaban J connectivity index is 1.63. The second-order valence-corrected chi connectivity index (χ2v) is 6.16. The van der Waals surface area contributed by atoms with Gasteiger partial charge in [0, 0.05) is 6.54 Å². The van der Waals surface area contributed by atoms with Crippen molar-refractivity contribution in [3.63, 3.8) is 0 Å². The van der Waals surface area contributed by atoms with E-state index >= 15 is 0 Å². The van der Waals surface area contributed by atoms with Gasteiger partial charge in [0.15, 0.2) is 0 Å². The van der Waals surface area contributed by atoms with Crippen molar-refractivity contribution in [2.75, 3.05) is 16.8 Å². The Morgan fingerprint density at radius 1 is 1.26 bits per heavy atom. The molecule has 0 spiro atoms. The number of benzene rings is 1. The highest BCUT2D eigenvalue weighted by atomic mass is 19.4. The van der Waals surface area contributed by atoms with Crippen LogP contribution >= 0.6 is 0 Å². The number of nitrogens with one attached hydrogen (secondary N) is 1. The molecule has 27 heavy (non-hydrogen) atoms. The molecule has 0 radical (unpaired) electrons. The highest BCUT2D eigenvalue weighted by Crippen LogP contribution is 2.38. The van der Waals surface area contributed by atoms with Crippen LogP contribution in [0.1, 0.15) is 17.7 Å². The zero-order valence-electron chi connectivity index (χ0n) is 14.1. The van der Waals surface area contributed by atoms with Gasteiger partial charge in [-0.15, -0.1) is 0 Å². The molecule has 7 nitrogen and oxygen atoms in total. The van der Waals surface area contributed by atoms with Crippen molar-refractivity contribution in [1.82, 2.24) is 15.1 Å². The van der Waals surface area contributed by atoms with Crippen LogP contribution in [-0.4, -0.2) is 33.6 Å². The average molecular weight is 377 g/mol. The molecule has 1 aromatic carbocycles. The predicted octanol–water partition coefficient (Wildman–Crippen LogP) is 3.16. The minimum Gasteiger partial charge on any atom is -0.358 e. The fraction of sp³-hybridized carbons (Fsp3) is 0.294. The zero-order chi connectivity index (χ0) is 19.2. The van der Waals surface area contributed by atoms with Crippen LogP contribution in [-0.2, 0) is 11.0 Å². The Hall–Kier alpha value is -3.17. The number of para-hydroxylation sites is 1. The summed E-state index contributed by atoms with van der Waals surface area (Å²) < 4.78 is 44.9. The van der Waals surface area contributed by atoms with Gasteiger partial charge < -0.3 is 14.7 Å². The molecule has 1 fully saturated rings. The maximum atomic E-state index is 13.3. The van der Waals surface area contributed by atoms with E-state index in [4.69, 9.17) is 4.52 Å². The molecule has 4 rings (SSSR count). The van der Waals surface area contributed by atoms with E-state index in [2.05, 4.69) is 20.4 Å². The van der Waals surface area contributed by atoms with Crippen LogP contribution in [0.3, 0.4) is 0 Å². The SMILES string of the molecule is Cc1noc2ncnc(NC3CCN(c4ccccc4C(F)(F)F)C3=O)c12. The normalized spacial score (nSPS) is 17.7. The summed E-state index contributed by atoms with van der Waals surface area (Å²) in [5.74, 6) is -0.0874. The summed E-state index contributed by atoms with van der Waals surface area (Å²) >= 11 is 0. The second-order valence-electron chi connectivity index (χ2n) is 6.16. The first-order valence-corrected chi connectivity index (χ1v) is 8.17. The lowest BCUT2D eigenvalue weighted by Gasteiger charge is -2.21. The number of alkyl halides is 3. The van der Waals surface area contributed by atoms with Gasteiger partial charge in [0.25, 0.3) is 5.71 Å². The molecule has 0 bridgehead atoms. The number of fused-ring (bicyclic) bond motifs is 1. The number of halogens is 3. The quantitative estimate of drug-likeness (QED) is 0.755. The van der Waals surface area contributed by atoms with E-state index in [-0.39, 0.29) is 17.9 Å². The number of aromatic nitrogens is 3. The van der Waals surface area contributed by atoms with Crippen LogP contribution in [0.15, 0.2) is 35.1 Å². The Morgan fingerprint density at radius 3 is 2.81 bits per heavy atom. The van der Waals surface area contributed by atoms with E-state index in [1.807, 2.05) is 0 Å². The first kappa shape index (κ1) is 17.3. The number of carbonyl (C=O) groups is 1. The molecule has 10 heteroatoms. The minimum absolute atomic E-state index is 0.145. The van der Waals surface area contributed by atoms with Crippen molar-refractivity contribution in [3.05, 3.63) is 41.9 Å². The molecule has 1 aliphatic heterocycles. The second kappa shape index (κ2) is 6.22. The van der Waals surface area contributed by atoms with Crippen LogP contribution in [0.4, 0.5) is 24.7 Å². The molecule has 1 unspecified atom stereocenters. The summed E-state index contributed by atoms with van der Waals surface area (Å²) in [6.07, 6.45) is -2.94. The van der Waals surface area contributed by atoms with Gasteiger partial charge in [0.2, 0.25) is 5.91 Å². The molecule has 3 aromatic rings. The van der Waals surface area contributed by atoms with E-state index in [1.54, 1.807) is 6.92 Å². The fourth-order valence-corrected chi connectivity index (χ4v) is 3.20. The van der Waals surface area contributed by atoms with Gasteiger partial charge in [-0.25, -0.2) is 4.98 Å². The van der Waals surface area contributed by atoms with Crippen LogP contribution in [0.25, 0.3) is 11.1 Å². The minimum atomic E-state index is -4.54. The number of aryl methyl sites for hydroxylation is 1. The summed E-state index contributed by atoms with van der Waals surface area (Å²) in [5.41, 5.74) is -0.154. The van der Waals surface area contributed by atoms with Gasteiger partial charge in [0.1, 0.15) is 23.6 Å². The number of rotatable bonds is 3. The number of anilines is 2. The van der Waals surface area contributed by atoms with E-state index < -0.39 is 23.7 Å². The average Bonchev–Trinajstić information content (AvgIpc) is 3.19. The van der Waals surface area contributed by atoms with Gasteiger partial charge in [-0.1, -0.05) is 17.3 Å². The van der Waals surface area contributed by atoms with Crippen molar-refractivity contribution in [3.8, 4) is 0 Å². The van der Waals surface area contributed by atoms with Crippen molar-refractivity contribution in [2.45, 2.75) is 25.6 Å². The Bertz CT molecular complexity index is 1020. The molecule has 0 aliphatic carbocycles. The third-order valence-corrected chi connectivity index (χ3v) is 4.46. The Morgan fingerprint density at radius 2 is 2.04 bits per heavy atom. The molecule has 0 saturated carbocycles. The Kier molecular flexibility index (Phi) is 3.97. The largest absolute Gasteiger partial charge is 0.418 e. The highest BCUT2D eigenvalue weighted by Gasteiger charge is 2.40. The lowest BCUT2D eigenvalue weighted by atomic mass is 10.1. The van der Waals surface area contributed by atoms with Gasteiger partial charge in [-0.05, 0) is 25.5 Å². The molecule has 1 N–H and O–H groups in total. The van der Waals surface area contributed by atoms with Gasteiger partial charge in [-0.2, -0.15) is 18.2 Å². The lowest BCUT2D eigenvalue weighted by molar-refractivity contribution is -0.137.